The van der Waals surface area contributed by atoms with Gasteiger partial charge in [-0.1, -0.05) is 45.3 Å². The van der Waals surface area contributed by atoms with Crippen LogP contribution >= 0.6 is 0 Å². The van der Waals surface area contributed by atoms with Crippen LogP contribution in [0.2, 0.25) is 51.4 Å². The zero-order valence-electron chi connectivity index (χ0n) is 16.2. The summed E-state index contributed by atoms with van der Waals surface area (Å²) in [5, 5.41) is 0. The van der Waals surface area contributed by atoms with E-state index >= 15 is 0 Å². The second-order valence-electron chi connectivity index (χ2n) is 8.44. The van der Waals surface area contributed by atoms with E-state index in [-0.39, 0.29) is 13.6 Å². The summed E-state index contributed by atoms with van der Waals surface area (Å²) in [4.78, 5) is 0. The molecule has 0 heterocycles. The van der Waals surface area contributed by atoms with Crippen LogP contribution in [0.3, 0.4) is 0 Å². The Hall–Kier alpha value is -0.826. The molecule has 6 heteroatoms. The van der Waals surface area contributed by atoms with Gasteiger partial charge in [0.2, 0.25) is 0 Å². The first kappa shape index (κ1) is 21.2. The van der Waals surface area contributed by atoms with E-state index in [2.05, 4.69) is 39.3 Å². The number of rotatable bonds is 12. The smallest absolute Gasteiger partial charge is 0.189 e. The summed E-state index contributed by atoms with van der Waals surface area (Å²) in [7, 11) is -2.08. The Kier molecular flexibility index (Phi) is 9.04. The van der Waals surface area contributed by atoms with Crippen LogP contribution in [0.25, 0.3) is 0 Å². The molecule has 0 aromatic heterocycles. The lowest BCUT2D eigenvalue weighted by Crippen LogP contribution is -2.22. The summed E-state index contributed by atoms with van der Waals surface area (Å²) in [5.74, 6) is 1.50. The summed E-state index contributed by atoms with van der Waals surface area (Å²) < 4.78 is 22.3. The average molecular weight is 371 g/mol. The van der Waals surface area contributed by atoms with E-state index in [1.807, 2.05) is 24.3 Å². The molecule has 0 fully saturated rings. The minimum absolute atomic E-state index is 0.278. The molecule has 0 spiro atoms. The monoisotopic (exact) mass is 370 g/mol. The molecule has 0 saturated heterocycles. The Balaban J connectivity index is 2.21. The molecule has 0 aliphatic heterocycles. The number of hydrogen-bond donors (Lipinski definition) is 0. The van der Waals surface area contributed by atoms with E-state index in [1.165, 1.54) is 0 Å². The number of benzene rings is 1. The molecule has 0 amide bonds. The minimum atomic E-state index is -1.04. The van der Waals surface area contributed by atoms with Crippen molar-refractivity contribution in [1.29, 1.82) is 0 Å². The van der Waals surface area contributed by atoms with Gasteiger partial charge in [0.25, 0.3) is 0 Å². The van der Waals surface area contributed by atoms with Gasteiger partial charge in [-0.15, -0.1) is 0 Å². The number of ether oxygens (including phenoxy) is 4. The van der Waals surface area contributed by atoms with Crippen LogP contribution in [-0.2, 0) is 9.47 Å². The van der Waals surface area contributed by atoms with Crippen LogP contribution in [0.4, 0.5) is 0 Å². The van der Waals surface area contributed by atoms with Gasteiger partial charge in [0.05, 0.1) is 0 Å². The van der Waals surface area contributed by atoms with E-state index < -0.39 is 16.1 Å². The first-order chi connectivity index (χ1) is 11.2. The van der Waals surface area contributed by atoms with Crippen molar-refractivity contribution in [3.05, 3.63) is 24.3 Å². The van der Waals surface area contributed by atoms with Gasteiger partial charge in [-0.3, -0.25) is 0 Å². The molecule has 138 valence electrons. The SMILES string of the molecule is C[Si](C)(C)CCOCOc1cccc(OCOCC[Si](C)(C)C)c1. The van der Waals surface area contributed by atoms with Crippen molar-refractivity contribution < 1.29 is 18.9 Å². The Morgan fingerprint density at radius 3 is 1.50 bits per heavy atom. The van der Waals surface area contributed by atoms with Crippen molar-refractivity contribution in [1.82, 2.24) is 0 Å². The molecular formula is C18H34O4Si2. The fourth-order valence-corrected chi connectivity index (χ4v) is 3.26. The molecule has 24 heavy (non-hydrogen) atoms. The molecule has 1 aromatic carbocycles. The Labute approximate surface area is 149 Å². The maximum atomic E-state index is 5.61. The molecule has 0 atom stereocenters. The summed E-state index contributed by atoms with van der Waals surface area (Å²) in [6.07, 6.45) is 0. The van der Waals surface area contributed by atoms with Crippen LogP contribution in [-0.4, -0.2) is 42.9 Å². The molecule has 1 rings (SSSR count). The lowest BCUT2D eigenvalue weighted by Gasteiger charge is -2.16. The highest BCUT2D eigenvalue weighted by molar-refractivity contribution is 6.76. The van der Waals surface area contributed by atoms with Crippen LogP contribution in [0, 0.1) is 0 Å². The fraction of sp³-hybridized carbons (Fsp3) is 0.667. The zero-order chi connectivity index (χ0) is 18.1. The molecule has 0 unspecified atom stereocenters. The topological polar surface area (TPSA) is 36.9 Å². The van der Waals surface area contributed by atoms with Gasteiger partial charge in [-0.2, -0.15) is 0 Å². The van der Waals surface area contributed by atoms with Crippen LogP contribution in [0.5, 0.6) is 11.5 Å². The maximum absolute atomic E-state index is 5.61. The third-order valence-corrected chi connectivity index (χ3v) is 6.82. The van der Waals surface area contributed by atoms with Gasteiger partial charge in [-0.25, -0.2) is 0 Å². The first-order valence-corrected chi connectivity index (χ1v) is 16.1. The first-order valence-electron chi connectivity index (χ1n) is 8.67. The van der Waals surface area contributed by atoms with E-state index in [4.69, 9.17) is 18.9 Å². The van der Waals surface area contributed by atoms with Crippen LogP contribution in [0.1, 0.15) is 0 Å². The van der Waals surface area contributed by atoms with E-state index in [9.17, 15) is 0 Å². The highest BCUT2D eigenvalue weighted by atomic mass is 28.3. The second-order valence-corrected chi connectivity index (χ2v) is 19.7. The zero-order valence-corrected chi connectivity index (χ0v) is 18.2. The van der Waals surface area contributed by atoms with Crippen molar-refractivity contribution in [3.63, 3.8) is 0 Å². The van der Waals surface area contributed by atoms with Gasteiger partial charge in [0, 0.05) is 35.4 Å². The molecule has 0 radical (unpaired) electrons. The van der Waals surface area contributed by atoms with Crippen molar-refractivity contribution >= 4 is 16.1 Å². The largest absolute Gasteiger partial charge is 0.467 e. The molecule has 1 aromatic rings. The van der Waals surface area contributed by atoms with Crippen molar-refractivity contribution in [2.75, 3.05) is 26.8 Å². The fourth-order valence-electron chi connectivity index (χ4n) is 1.75. The molecule has 0 aliphatic carbocycles. The van der Waals surface area contributed by atoms with Gasteiger partial charge in [0.15, 0.2) is 13.6 Å². The maximum Gasteiger partial charge on any atom is 0.189 e. The van der Waals surface area contributed by atoms with Gasteiger partial charge in [0.1, 0.15) is 11.5 Å². The standard InChI is InChI=1S/C18H34O4Si2/c1-23(2,3)12-10-19-15-21-17-8-7-9-18(14-17)22-16-20-11-13-24(4,5)6/h7-9,14H,10-13,15-16H2,1-6H3. The molecule has 0 saturated carbocycles. The van der Waals surface area contributed by atoms with E-state index in [1.54, 1.807) is 0 Å². The van der Waals surface area contributed by atoms with Crippen molar-refractivity contribution in [2.24, 2.45) is 0 Å². The van der Waals surface area contributed by atoms with Crippen molar-refractivity contribution in [3.8, 4) is 11.5 Å². The molecule has 0 aliphatic rings. The number of hydrogen-bond acceptors (Lipinski definition) is 4. The molecule has 0 N–H and O–H groups in total. The summed E-state index contributed by atoms with van der Waals surface area (Å²) in [6.45, 7) is 16.1. The summed E-state index contributed by atoms with van der Waals surface area (Å²) >= 11 is 0. The predicted octanol–water partition coefficient (Wildman–Crippen LogP) is 5.07. The van der Waals surface area contributed by atoms with E-state index in [0.29, 0.717) is 0 Å². The predicted molar refractivity (Wildman–Crippen MR) is 106 cm³/mol. The van der Waals surface area contributed by atoms with Crippen LogP contribution in [0.15, 0.2) is 24.3 Å². The van der Waals surface area contributed by atoms with Crippen LogP contribution < -0.4 is 9.47 Å². The Bertz CT molecular complexity index is 428. The summed E-state index contributed by atoms with van der Waals surface area (Å²) in [6, 6.07) is 9.88. The lowest BCUT2D eigenvalue weighted by atomic mass is 10.3. The highest BCUT2D eigenvalue weighted by Crippen LogP contribution is 2.19. The molecule has 4 nitrogen and oxygen atoms in total. The lowest BCUT2D eigenvalue weighted by molar-refractivity contribution is 0.0178. The molecule has 0 bridgehead atoms. The normalized spacial score (nSPS) is 12.2. The van der Waals surface area contributed by atoms with E-state index in [0.717, 1.165) is 36.8 Å². The van der Waals surface area contributed by atoms with Gasteiger partial charge >= 0.3 is 0 Å². The van der Waals surface area contributed by atoms with Crippen molar-refractivity contribution in [2.45, 2.75) is 51.4 Å². The third kappa shape index (κ3) is 11.7. The minimum Gasteiger partial charge on any atom is -0.467 e. The quantitative estimate of drug-likeness (QED) is 0.292. The second kappa shape index (κ2) is 10.2. The third-order valence-electron chi connectivity index (χ3n) is 3.42. The Morgan fingerprint density at radius 2 is 1.12 bits per heavy atom. The average Bonchev–Trinajstić information content (AvgIpc) is 2.44. The van der Waals surface area contributed by atoms with Gasteiger partial charge in [-0.05, 0) is 24.2 Å². The highest BCUT2D eigenvalue weighted by Gasteiger charge is 2.12. The molecular weight excluding hydrogens is 336 g/mol. The Morgan fingerprint density at radius 1 is 0.708 bits per heavy atom. The summed E-state index contributed by atoms with van der Waals surface area (Å²) in [5.41, 5.74) is 0. The van der Waals surface area contributed by atoms with Gasteiger partial charge < -0.3 is 18.9 Å².